The maximum Gasteiger partial charge on any atom is 0.271 e. The number of carbonyl (C=O) groups is 2. The molecular weight excluding hydrogens is 480 g/mol. The smallest absolute Gasteiger partial charge is 0.271 e. The van der Waals surface area contributed by atoms with Crippen LogP contribution in [0.25, 0.3) is 21.5 Å². The van der Waals surface area contributed by atoms with E-state index in [1.165, 1.54) is 36.7 Å². The first-order valence-corrected chi connectivity index (χ1v) is 11.7. The largest absolute Gasteiger partial charge is 0.507 e. The summed E-state index contributed by atoms with van der Waals surface area (Å²) >= 11 is 0. The molecule has 0 radical (unpaired) electrons. The number of rotatable bonds is 6. The van der Waals surface area contributed by atoms with Crippen LogP contribution >= 0.6 is 0 Å². The van der Waals surface area contributed by atoms with Gasteiger partial charge in [-0.1, -0.05) is 60.7 Å². The van der Waals surface area contributed by atoms with Crippen LogP contribution in [0.3, 0.4) is 0 Å². The van der Waals surface area contributed by atoms with Gasteiger partial charge in [0.25, 0.3) is 11.8 Å². The Morgan fingerprint density at radius 1 is 0.553 bits per heavy atom. The molecule has 0 aromatic heterocycles. The number of amides is 2. The molecule has 0 spiro atoms. The molecule has 0 fully saturated rings. The van der Waals surface area contributed by atoms with Gasteiger partial charge in [0.1, 0.15) is 11.5 Å². The second kappa shape index (κ2) is 10.6. The van der Waals surface area contributed by atoms with Gasteiger partial charge in [0.05, 0.1) is 12.4 Å². The zero-order chi connectivity index (χ0) is 26.5. The van der Waals surface area contributed by atoms with E-state index in [0.717, 1.165) is 21.5 Å². The Labute approximate surface area is 217 Å². The molecule has 5 aromatic rings. The second-order valence-electron chi connectivity index (χ2n) is 8.41. The van der Waals surface area contributed by atoms with Crippen LogP contribution < -0.4 is 10.9 Å². The van der Waals surface area contributed by atoms with Crippen LogP contribution in [0.5, 0.6) is 11.5 Å². The number of phenolic OH excluding ortho intramolecular Hbond substituents is 2. The number of hydrazone groups is 2. The summed E-state index contributed by atoms with van der Waals surface area (Å²) in [4.78, 5) is 25.0. The third-order valence-corrected chi connectivity index (χ3v) is 6.02. The lowest BCUT2D eigenvalue weighted by Crippen LogP contribution is -2.19. The van der Waals surface area contributed by atoms with Gasteiger partial charge in [-0.05, 0) is 57.9 Å². The van der Waals surface area contributed by atoms with Gasteiger partial charge in [-0.15, -0.1) is 0 Å². The highest BCUT2D eigenvalue weighted by Crippen LogP contribution is 2.26. The minimum atomic E-state index is -0.475. The molecule has 8 heteroatoms. The first-order valence-electron chi connectivity index (χ1n) is 11.7. The number of carbonyl (C=O) groups excluding carboxylic acids is 2. The summed E-state index contributed by atoms with van der Waals surface area (Å²) in [5.74, 6) is -0.847. The monoisotopic (exact) mass is 502 g/mol. The third-order valence-electron chi connectivity index (χ3n) is 6.02. The van der Waals surface area contributed by atoms with Crippen molar-refractivity contribution in [2.24, 2.45) is 10.2 Å². The summed E-state index contributed by atoms with van der Waals surface area (Å²) in [5.41, 5.74) is 6.44. The minimum absolute atomic E-state index is 0.0513. The second-order valence-corrected chi connectivity index (χ2v) is 8.41. The van der Waals surface area contributed by atoms with E-state index in [1.54, 1.807) is 24.3 Å². The van der Waals surface area contributed by atoms with Crippen LogP contribution in [0.2, 0.25) is 0 Å². The van der Waals surface area contributed by atoms with Crippen molar-refractivity contribution in [3.8, 4) is 11.5 Å². The van der Waals surface area contributed by atoms with Gasteiger partial charge in [-0.25, -0.2) is 10.9 Å². The number of hydrogen-bond acceptors (Lipinski definition) is 6. The lowest BCUT2D eigenvalue weighted by Gasteiger charge is -2.06. The minimum Gasteiger partial charge on any atom is -0.507 e. The SMILES string of the molecule is O=C(N/N=C\c1c(O)ccc2ccccc12)c1ccc(C(=O)N/N=C\c2c(O)ccc3ccccc23)cc1. The zero-order valence-corrected chi connectivity index (χ0v) is 20.0. The molecule has 38 heavy (non-hydrogen) atoms. The number of nitrogens with one attached hydrogen (secondary N) is 2. The molecule has 4 N–H and O–H groups in total. The predicted octanol–water partition coefficient (Wildman–Crippen LogP) is 4.93. The fourth-order valence-corrected chi connectivity index (χ4v) is 4.05. The average molecular weight is 503 g/mol. The molecule has 0 aliphatic carbocycles. The molecule has 0 bridgehead atoms. The van der Waals surface area contributed by atoms with Crippen LogP contribution in [-0.2, 0) is 0 Å². The molecule has 5 aromatic carbocycles. The van der Waals surface area contributed by atoms with Crippen molar-refractivity contribution in [2.45, 2.75) is 0 Å². The Morgan fingerprint density at radius 3 is 1.37 bits per heavy atom. The standard InChI is InChI=1S/C30H22N4O4/c35-27-15-13-19-5-1-3-7-23(19)25(27)17-31-33-29(37)21-9-11-22(12-10-21)30(38)34-32-18-26-24-8-4-2-6-20(24)14-16-28(26)36/h1-18,35-36H,(H,33,37)(H,34,38)/b31-17-,32-18-. The summed E-state index contributed by atoms with van der Waals surface area (Å²) in [6.07, 6.45) is 2.78. The number of benzene rings is 5. The molecule has 186 valence electrons. The Morgan fingerprint density at radius 2 is 0.947 bits per heavy atom. The van der Waals surface area contributed by atoms with E-state index in [2.05, 4.69) is 21.1 Å². The molecule has 0 heterocycles. The van der Waals surface area contributed by atoms with E-state index in [1.807, 2.05) is 48.5 Å². The summed E-state index contributed by atoms with van der Waals surface area (Å²) in [7, 11) is 0. The number of aromatic hydroxyl groups is 2. The highest BCUT2D eigenvalue weighted by Gasteiger charge is 2.10. The first-order chi connectivity index (χ1) is 18.5. The number of phenols is 2. The van der Waals surface area contributed by atoms with Gasteiger partial charge in [0.2, 0.25) is 0 Å². The summed E-state index contributed by atoms with van der Waals surface area (Å²) in [6.45, 7) is 0. The normalized spacial score (nSPS) is 11.4. The van der Waals surface area contributed by atoms with Crippen molar-refractivity contribution in [1.29, 1.82) is 0 Å². The van der Waals surface area contributed by atoms with Crippen LogP contribution in [-0.4, -0.2) is 34.5 Å². The molecule has 8 nitrogen and oxygen atoms in total. The quantitative estimate of drug-likeness (QED) is 0.194. The molecule has 5 rings (SSSR count). The van der Waals surface area contributed by atoms with Crippen LogP contribution in [0, 0.1) is 0 Å². The Kier molecular flexibility index (Phi) is 6.77. The first kappa shape index (κ1) is 24.2. The Bertz CT molecular complexity index is 1600. The van der Waals surface area contributed by atoms with Crippen LogP contribution in [0.15, 0.2) is 107 Å². The summed E-state index contributed by atoms with van der Waals surface area (Å²) in [5, 5.41) is 31.8. The molecule has 0 atom stereocenters. The van der Waals surface area contributed by atoms with E-state index in [-0.39, 0.29) is 11.5 Å². The summed E-state index contributed by atoms with van der Waals surface area (Å²) < 4.78 is 0. The molecular formula is C30H22N4O4. The van der Waals surface area contributed by atoms with Crippen molar-refractivity contribution in [2.75, 3.05) is 0 Å². The summed E-state index contributed by atoms with van der Waals surface area (Å²) in [6, 6.07) is 27.8. The Balaban J connectivity index is 1.22. The van der Waals surface area contributed by atoms with E-state index in [9.17, 15) is 19.8 Å². The van der Waals surface area contributed by atoms with Crippen LogP contribution in [0.1, 0.15) is 31.8 Å². The highest BCUT2D eigenvalue weighted by atomic mass is 16.3. The molecule has 0 aliphatic heterocycles. The van der Waals surface area contributed by atoms with E-state index in [4.69, 9.17) is 0 Å². The van der Waals surface area contributed by atoms with E-state index < -0.39 is 11.8 Å². The van der Waals surface area contributed by atoms with Crippen molar-refractivity contribution in [1.82, 2.24) is 10.9 Å². The highest BCUT2D eigenvalue weighted by molar-refractivity contribution is 6.04. The fraction of sp³-hybridized carbons (Fsp3) is 0. The maximum absolute atomic E-state index is 12.5. The number of nitrogens with zero attached hydrogens (tertiary/aromatic N) is 2. The van der Waals surface area contributed by atoms with Gasteiger partial charge in [-0.2, -0.15) is 10.2 Å². The van der Waals surface area contributed by atoms with Crippen molar-refractivity contribution < 1.29 is 19.8 Å². The van der Waals surface area contributed by atoms with Gasteiger partial charge in [0.15, 0.2) is 0 Å². The molecule has 0 saturated heterocycles. The number of fused-ring (bicyclic) bond motifs is 2. The van der Waals surface area contributed by atoms with Crippen molar-refractivity contribution in [3.63, 3.8) is 0 Å². The molecule has 0 saturated carbocycles. The zero-order valence-electron chi connectivity index (χ0n) is 20.0. The van der Waals surface area contributed by atoms with Gasteiger partial charge >= 0.3 is 0 Å². The molecule has 0 aliphatic rings. The topological polar surface area (TPSA) is 123 Å². The Hall–Kier alpha value is -5.50. The third kappa shape index (κ3) is 5.05. The van der Waals surface area contributed by atoms with Gasteiger partial charge in [-0.3, -0.25) is 9.59 Å². The lowest BCUT2D eigenvalue weighted by atomic mass is 10.0. The molecule has 2 amide bonds. The van der Waals surface area contributed by atoms with Crippen LogP contribution in [0.4, 0.5) is 0 Å². The number of hydrogen-bond donors (Lipinski definition) is 4. The van der Waals surface area contributed by atoms with Gasteiger partial charge in [0, 0.05) is 22.3 Å². The van der Waals surface area contributed by atoms with Gasteiger partial charge < -0.3 is 10.2 Å². The lowest BCUT2D eigenvalue weighted by molar-refractivity contribution is 0.0943. The van der Waals surface area contributed by atoms with E-state index >= 15 is 0 Å². The van der Waals surface area contributed by atoms with Crippen molar-refractivity contribution >= 4 is 45.8 Å². The van der Waals surface area contributed by atoms with Crippen molar-refractivity contribution in [3.05, 3.63) is 119 Å². The predicted molar refractivity (Wildman–Crippen MR) is 148 cm³/mol. The van der Waals surface area contributed by atoms with E-state index in [0.29, 0.717) is 22.3 Å². The maximum atomic E-state index is 12.5. The average Bonchev–Trinajstić information content (AvgIpc) is 2.95. The molecule has 0 unspecified atom stereocenters. The fourth-order valence-electron chi connectivity index (χ4n) is 4.05.